The number of benzene rings is 7. The summed E-state index contributed by atoms with van der Waals surface area (Å²) in [6, 6.07) is 51.1. The first kappa shape index (κ1) is 33.3. The minimum absolute atomic E-state index is 0.103. The van der Waals surface area contributed by atoms with Gasteiger partial charge in [0.15, 0.2) is 0 Å². The Kier molecular flexibility index (Phi) is 7.23. The normalized spacial score (nSPS) is 16.5. The molecule has 9 aromatic rings. The topological polar surface area (TPSA) is 29.5 Å². The van der Waals surface area contributed by atoms with Gasteiger partial charge in [0, 0.05) is 44.6 Å². The van der Waals surface area contributed by atoms with Crippen molar-refractivity contribution in [1.29, 1.82) is 0 Å². The Morgan fingerprint density at radius 2 is 1.34 bits per heavy atom. The number of fused-ring (bicyclic) bond motifs is 11. The molecule has 0 N–H and O–H groups in total. The molecule has 2 heterocycles. The molecule has 278 valence electrons. The van der Waals surface area contributed by atoms with Crippen LogP contribution in [0, 0.1) is 0 Å². The molecule has 3 aliphatic carbocycles. The second-order valence-electron chi connectivity index (χ2n) is 16.6. The molecule has 58 heavy (non-hydrogen) atoms. The summed E-state index contributed by atoms with van der Waals surface area (Å²) in [6.45, 7) is 4.72. The van der Waals surface area contributed by atoms with E-state index in [0.29, 0.717) is 0 Å². The number of allylic oxidation sites excluding steroid dienone is 3. The van der Waals surface area contributed by atoms with Crippen LogP contribution in [-0.2, 0) is 11.8 Å². The molecule has 2 aromatic heterocycles. The minimum Gasteiger partial charge on any atom is -0.456 e. The number of anilines is 2. The van der Waals surface area contributed by atoms with Crippen LogP contribution in [0.1, 0.15) is 54.7 Å². The number of hydrogen-bond donors (Lipinski definition) is 0. The van der Waals surface area contributed by atoms with Crippen molar-refractivity contribution < 1.29 is 8.83 Å². The predicted octanol–water partition coefficient (Wildman–Crippen LogP) is 15.0. The summed E-state index contributed by atoms with van der Waals surface area (Å²) in [6.07, 6.45) is 14.3. The molecule has 3 aliphatic rings. The van der Waals surface area contributed by atoms with Crippen molar-refractivity contribution >= 4 is 66.7 Å². The molecule has 0 bridgehead atoms. The third-order valence-electron chi connectivity index (χ3n) is 13.1. The van der Waals surface area contributed by atoms with Gasteiger partial charge in [0.2, 0.25) is 0 Å². The van der Waals surface area contributed by atoms with Crippen molar-refractivity contribution in [3.05, 3.63) is 192 Å². The largest absolute Gasteiger partial charge is 0.456 e. The Hall–Kier alpha value is -6.84. The van der Waals surface area contributed by atoms with Crippen LogP contribution in [0.5, 0.6) is 0 Å². The van der Waals surface area contributed by atoms with Gasteiger partial charge in [0.25, 0.3) is 0 Å². The molecule has 3 heteroatoms. The van der Waals surface area contributed by atoms with Gasteiger partial charge in [-0.05, 0) is 117 Å². The van der Waals surface area contributed by atoms with Crippen molar-refractivity contribution in [1.82, 2.24) is 0 Å². The van der Waals surface area contributed by atoms with Crippen LogP contribution in [0.4, 0.5) is 11.4 Å². The fraction of sp³-hybridized carbons (Fsp3) is 0.127. The van der Waals surface area contributed by atoms with Gasteiger partial charge < -0.3 is 13.7 Å². The molecule has 1 unspecified atom stereocenters. The van der Waals surface area contributed by atoms with Crippen LogP contribution in [0.25, 0.3) is 77.6 Å². The first-order valence-electron chi connectivity index (χ1n) is 20.6. The average molecular weight is 748 g/mol. The lowest BCUT2D eigenvalue weighted by Crippen LogP contribution is -2.30. The SMILES string of the molecule is CC1(C)c2ccccc2-c2ccc(N(c3ccc4c(c3)oc3cc(-c5cccc6oc7c(c56)CCC=C7)c5ccccc5c34)C3C=CC(c4ccccc4)=CC3)cc21. The molecule has 0 aliphatic heterocycles. The quantitative estimate of drug-likeness (QED) is 0.176. The number of nitrogens with zero attached hydrogens (tertiary/aromatic N) is 1. The van der Waals surface area contributed by atoms with E-state index in [2.05, 4.69) is 189 Å². The molecule has 3 nitrogen and oxygen atoms in total. The molecule has 1 atom stereocenters. The maximum atomic E-state index is 6.98. The van der Waals surface area contributed by atoms with Gasteiger partial charge >= 0.3 is 0 Å². The van der Waals surface area contributed by atoms with E-state index >= 15 is 0 Å². The van der Waals surface area contributed by atoms with Gasteiger partial charge in [0.05, 0.1) is 6.04 Å². The number of aryl methyl sites for hydroxylation is 1. The molecule has 0 saturated carbocycles. The van der Waals surface area contributed by atoms with Gasteiger partial charge in [-0.15, -0.1) is 0 Å². The molecule has 12 rings (SSSR count). The van der Waals surface area contributed by atoms with E-state index in [0.717, 1.165) is 58.2 Å². The highest BCUT2D eigenvalue weighted by Crippen LogP contribution is 2.51. The summed E-state index contributed by atoms with van der Waals surface area (Å²) in [4.78, 5) is 2.52. The van der Waals surface area contributed by atoms with Crippen LogP contribution < -0.4 is 4.90 Å². The lowest BCUT2D eigenvalue weighted by Gasteiger charge is -2.34. The van der Waals surface area contributed by atoms with Gasteiger partial charge in [-0.25, -0.2) is 0 Å². The van der Waals surface area contributed by atoms with E-state index in [-0.39, 0.29) is 11.5 Å². The Bertz CT molecular complexity index is 3240. The average Bonchev–Trinajstić information content (AvgIpc) is 3.91. The van der Waals surface area contributed by atoms with Crippen molar-refractivity contribution in [2.75, 3.05) is 4.90 Å². The summed E-state index contributed by atoms with van der Waals surface area (Å²) in [5.41, 5.74) is 16.5. The molecule has 0 saturated heterocycles. The van der Waals surface area contributed by atoms with E-state index < -0.39 is 0 Å². The highest BCUT2D eigenvalue weighted by Gasteiger charge is 2.36. The first-order chi connectivity index (χ1) is 28.5. The molecular weight excluding hydrogens is 707 g/mol. The van der Waals surface area contributed by atoms with Gasteiger partial charge in [0.1, 0.15) is 22.5 Å². The second-order valence-corrected chi connectivity index (χ2v) is 16.6. The van der Waals surface area contributed by atoms with E-state index in [1.165, 1.54) is 71.9 Å². The second kappa shape index (κ2) is 12.6. The Balaban J connectivity index is 1.02. The minimum atomic E-state index is -0.103. The first-order valence-corrected chi connectivity index (χ1v) is 20.6. The number of furan rings is 2. The van der Waals surface area contributed by atoms with Crippen molar-refractivity contribution in [3.8, 4) is 22.3 Å². The third-order valence-corrected chi connectivity index (χ3v) is 13.1. The van der Waals surface area contributed by atoms with Crippen molar-refractivity contribution in [2.45, 2.75) is 44.6 Å². The summed E-state index contributed by atoms with van der Waals surface area (Å²) in [5, 5.41) is 5.91. The smallest absolute Gasteiger partial charge is 0.137 e. The summed E-state index contributed by atoms with van der Waals surface area (Å²) >= 11 is 0. The van der Waals surface area contributed by atoms with Gasteiger partial charge in [-0.1, -0.05) is 135 Å². The molecule has 0 spiro atoms. The van der Waals surface area contributed by atoms with E-state index in [9.17, 15) is 0 Å². The Morgan fingerprint density at radius 1 is 0.569 bits per heavy atom. The Labute approximate surface area is 337 Å². The zero-order valence-corrected chi connectivity index (χ0v) is 32.6. The van der Waals surface area contributed by atoms with E-state index in [1.807, 2.05) is 0 Å². The molecule has 0 fully saturated rings. The fourth-order valence-electron chi connectivity index (χ4n) is 10.3. The van der Waals surface area contributed by atoms with Crippen LogP contribution in [0.2, 0.25) is 0 Å². The Morgan fingerprint density at radius 3 is 2.22 bits per heavy atom. The summed E-state index contributed by atoms with van der Waals surface area (Å²) in [5.74, 6) is 0.982. The van der Waals surface area contributed by atoms with Gasteiger partial charge in [-0.3, -0.25) is 0 Å². The lowest BCUT2D eigenvalue weighted by molar-refractivity contribution is 0.595. The van der Waals surface area contributed by atoms with Crippen LogP contribution >= 0.6 is 0 Å². The molecule has 0 amide bonds. The van der Waals surface area contributed by atoms with E-state index in [4.69, 9.17) is 8.83 Å². The van der Waals surface area contributed by atoms with Crippen LogP contribution in [-0.4, -0.2) is 6.04 Å². The molecule has 7 aromatic carbocycles. The monoisotopic (exact) mass is 747 g/mol. The van der Waals surface area contributed by atoms with Crippen LogP contribution in [0.3, 0.4) is 0 Å². The highest BCUT2D eigenvalue weighted by atomic mass is 16.3. The maximum absolute atomic E-state index is 6.98. The zero-order chi connectivity index (χ0) is 38.5. The fourth-order valence-corrected chi connectivity index (χ4v) is 10.3. The standard InChI is InChI=1S/C55H41NO2/c1-55(2)47-20-10-8-16-40(47)41-29-27-37(31-48(41)55)56(36-25-23-35(24-26-36)34-13-4-3-5-14-34)38-28-30-45-51(32-38)58-52-33-46(39-15-6-7-17-42(39)54(45)52)43-19-12-22-50-53(43)44-18-9-11-21-49(44)57-50/h3-8,10-17,19-25,27-33,36H,9,18,26H2,1-2H3. The summed E-state index contributed by atoms with van der Waals surface area (Å²) < 4.78 is 13.4. The third kappa shape index (κ3) is 4.92. The number of rotatable bonds is 5. The lowest BCUT2D eigenvalue weighted by atomic mass is 9.82. The highest BCUT2D eigenvalue weighted by molar-refractivity contribution is 6.23. The van der Waals surface area contributed by atoms with Gasteiger partial charge in [-0.2, -0.15) is 0 Å². The van der Waals surface area contributed by atoms with E-state index in [1.54, 1.807) is 0 Å². The predicted molar refractivity (Wildman–Crippen MR) is 242 cm³/mol. The zero-order valence-electron chi connectivity index (χ0n) is 32.6. The van der Waals surface area contributed by atoms with Crippen LogP contribution in [0.15, 0.2) is 173 Å². The van der Waals surface area contributed by atoms with Crippen molar-refractivity contribution in [3.63, 3.8) is 0 Å². The number of hydrogen-bond acceptors (Lipinski definition) is 3. The molecular formula is C55H41NO2. The molecule has 0 radical (unpaired) electrons. The van der Waals surface area contributed by atoms with Crippen molar-refractivity contribution in [2.24, 2.45) is 0 Å². The summed E-state index contributed by atoms with van der Waals surface area (Å²) in [7, 11) is 0. The maximum Gasteiger partial charge on any atom is 0.137 e.